The summed E-state index contributed by atoms with van der Waals surface area (Å²) in [4.78, 5) is 35.8. The SMILES string of the molecule is CCOC(=O)CN1C(=O)C/C(=C\c2ccc(F)c(F)c2F)C1=O. The van der Waals surface area contributed by atoms with Crippen molar-refractivity contribution >= 4 is 23.9 Å². The Morgan fingerprint density at radius 2 is 1.96 bits per heavy atom. The molecule has 0 atom stereocenters. The molecule has 1 aromatic rings. The molecule has 1 saturated heterocycles. The molecule has 2 rings (SSSR count). The summed E-state index contributed by atoms with van der Waals surface area (Å²) < 4.78 is 44.3. The summed E-state index contributed by atoms with van der Waals surface area (Å²) in [6, 6.07) is 1.66. The van der Waals surface area contributed by atoms with Crippen LogP contribution in [0.3, 0.4) is 0 Å². The van der Waals surface area contributed by atoms with Gasteiger partial charge in [0.25, 0.3) is 5.91 Å². The Balaban J connectivity index is 2.25. The number of hydrogen-bond donors (Lipinski definition) is 0. The van der Waals surface area contributed by atoms with Crippen molar-refractivity contribution in [1.82, 2.24) is 4.90 Å². The molecule has 1 heterocycles. The molecule has 0 radical (unpaired) electrons. The second-order valence-corrected chi connectivity index (χ2v) is 4.70. The van der Waals surface area contributed by atoms with Crippen LogP contribution in [0.1, 0.15) is 18.9 Å². The van der Waals surface area contributed by atoms with Gasteiger partial charge in [-0.1, -0.05) is 0 Å². The van der Waals surface area contributed by atoms with Crippen molar-refractivity contribution < 1.29 is 32.3 Å². The van der Waals surface area contributed by atoms with Gasteiger partial charge in [0.1, 0.15) is 6.54 Å². The maximum absolute atomic E-state index is 13.6. The Hall–Kier alpha value is -2.64. The maximum atomic E-state index is 13.6. The Morgan fingerprint density at radius 1 is 1.26 bits per heavy atom. The van der Waals surface area contributed by atoms with Gasteiger partial charge in [0.05, 0.1) is 13.0 Å². The highest BCUT2D eigenvalue weighted by Crippen LogP contribution is 2.24. The van der Waals surface area contributed by atoms with Crippen LogP contribution in [0.2, 0.25) is 0 Å². The monoisotopic (exact) mass is 327 g/mol. The Labute approximate surface area is 129 Å². The standard InChI is InChI=1S/C15H12F3NO4/c1-2-23-12(21)7-19-11(20)6-9(15(19)22)5-8-3-4-10(16)14(18)13(8)17/h3-5H,2,6-7H2,1H3/b9-5+. The number of ether oxygens (including phenoxy) is 1. The van der Waals surface area contributed by atoms with Crippen molar-refractivity contribution in [3.05, 3.63) is 40.7 Å². The van der Waals surface area contributed by atoms with Gasteiger partial charge in [0, 0.05) is 11.1 Å². The largest absolute Gasteiger partial charge is 0.465 e. The molecule has 0 aromatic heterocycles. The number of halogens is 3. The molecule has 0 N–H and O–H groups in total. The average Bonchev–Trinajstić information content (AvgIpc) is 2.76. The number of carbonyl (C=O) groups is 3. The first-order valence-electron chi connectivity index (χ1n) is 6.69. The van der Waals surface area contributed by atoms with Crippen LogP contribution in [0.15, 0.2) is 17.7 Å². The number of nitrogens with zero attached hydrogens (tertiary/aromatic N) is 1. The molecule has 122 valence electrons. The topological polar surface area (TPSA) is 63.7 Å². The first-order valence-corrected chi connectivity index (χ1v) is 6.69. The summed E-state index contributed by atoms with van der Waals surface area (Å²) in [7, 11) is 0. The van der Waals surface area contributed by atoms with Crippen molar-refractivity contribution in [3.63, 3.8) is 0 Å². The molecule has 0 unspecified atom stereocenters. The zero-order valence-electron chi connectivity index (χ0n) is 12.1. The maximum Gasteiger partial charge on any atom is 0.326 e. The van der Waals surface area contributed by atoms with Crippen molar-refractivity contribution in [2.75, 3.05) is 13.2 Å². The molecule has 0 spiro atoms. The number of likely N-dealkylation sites (tertiary alicyclic amines) is 1. The average molecular weight is 327 g/mol. The fraction of sp³-hybridized carbons (Fsp3) is 0.267. The predicted molar refractivity (Wildman–Crippen MR) is 72.3 cm³/mol. The molecule has 0 aliphatic carbocycles. The van der Waals surface area contributed by atoms with Crippen LogP contribution < -0.4 is 0 Å². The second kappa shape index (κ2) is 6.64. The van der Waals surface area contributed by atoms with E-state index in [0.717, 1.165) is 12.1 Å². The molecule has 1 aliphatic heterocycles. The highest BCUT2D eigenvalue weighted by Gasteiger charge is 2.35. The lowest BCUT2D eigenvalue weighted by Gasteiger charge is -2.11. The molecular weight excluding hydrogens is 315 g/mol. The van der Waals surface area contributed by atoms with E-state index in [2.05, 4.69) is 4.74 Å². The number of amides is 2. The molecule has 0 saturated carbocycles. The minimum absolute atomic E-state index is 0.0951. The molecule has 5 nitrogen and oxygen atoms in total. The zero-order valence-corrected chi connectivity index (χ0v) is 12.1. The second-order valence-electron chi connectivity index (χ2n) is 4.70. The number of imide groups is 1. The van der Waals surface area contributed by atoms with E-state index in [1.54, 1.807) is 6.92 Å². The highest BCUT2D eigenvalue weighted by molar-refractivity contribution is 6.16. The summed E-state index contributed by atoms with van der Waals surface area (Å²) in [5.41, 5.74) is -0.484. The van der Waals surface area contributed by atoms with Gasteiger partial charge in [-0.2, -0.15) is 0 Å². The number of rotatable bonds is 4. The molecule has 1 fully saturated rings. The highest BCUT2D eigenvalue weighted by atomic mass is 19.2. The Bertz CT molecular complexity index is 715. The number of esters is 1. The molecule has 1 aliphatic rings. The third-order valence-corrected chi connectivity index (χ3v) is 3.15. The van der Waals surface area contributed by atoms with Crippen LogP contribution in [0.5, 0.6) is 0 Å². The summed E-state index contributed by atoms with van der Waals surface area (Å²) >= 11 is 0. The summed E-state index contributed by atoms with van der Waals surface area (Å²) in [5.74, 6) is -6.69. The van der Waals surface area contributed by atoms with Gasteiger partial charge < -0.3 is 4.74 Å². The van der Waals surface area contributed by atoms with E-state index >= 15 is 0 Å². The lowest BCUT2D eigenvalue weighted by Crippen LogP contribution is -2.35. The predicted octanol–water partition coefficient (Wildman–Crippen LogP) is 1.81. The first-order chi connectivity index (χ1) is 10.8. The van der Waals surface area contributed by atoms with E-state index in [1.165, 1.54) is 0 Å². The van der Waals surface area contributed by atoms with Gasteiger partial charge in [0.2, 0.25) is 5.91 Å². The minimum Gasteiger partial charge on any atom is -0.465 e. The van der Waals surface area contributed by atoms with Crippen molar-refractivity contribution in [2.45, 2.75) is 13.3 Å². The summed E-state index contributed by atoms with van der Waals surface area (Å²) in [6.45, 7) is 1.11. The van der Waals surface area contributed by atoms with E-state index < -0.39 is 41.8 Å². The molecule has 0 bridgehead atoms. The number of hydrogen-bond acceptors (Lipinski definition) is 4. The smallest absolute Gasteiger partial charge is 0.326 e. The van der Waals surface area contributed by atoms with E-state index in [9.17, 15) is 27.6 Å². The van der Waals surface area contributed by atoms with Gasteiger partial charge in [0.15, 0.2) is 17.5 Å². The Morgan fingerprint density at radius 3 is 2.61 bits per heavy atom. The fourth-order valence-electron chi connectivity index (χ4n) is 2.07. The molecule has 2 amide bonds. The van der Waals surface area contributed by atoms with E-state index in [1.807, 2.05) is 0 Å². The van der Waals surface area contributed by atoms with Crippen molar-refractivity contribution in [1.29, 1.82) is 0 Å². The van der Waals surface area contributed by atoms with Crippen molar-refractivity contribution in [3.8, 4) is 0 Å². The van der Waals surface area contributed by atoms with E-state index in [4.69, 9.17) is 0 Å². The van der Waals surface area contributed by atoms with Gasteiger partial charge in [-0.15, -0.1) is 0 Å². The number of carbonyl (C=O) groups excluding carboxylic acids is 3. The van der Waals surface area contributed by atoms with Gasteiger partial charge in [-0.25, -0.2) is 13.2 Å². The minimum atomic E-state index is -1.67. The van der Waals surface area contributed by atoms with Crippen molar-refractivity contribution in [2.24, 2.45) is 0 Å². The third-order valence-electron chi connectivity index (χ3n) is 3.15. The lowest BCUT2D eigenvalue weighted by atomic mass is 10.1. The van der Waals surface area contributed by atoms with Gasteiger partial charge >= 0.3 is 5.97 Å². The zero-order chi connectivity index (χ0) is 17.1. The van der Waals surface area contributed by atoms with Crippen LogP contribution in [-0.2, 0) is 19.1 Å². The molecular formula is C15H12F3NO4. The first kappa shape index (κ1) is 16.7. The van der Waals surface area contributed by atoms with E-state index in [0.29, 0.717) is 11.0 Å². The van der Waals surface area contributed by atoms with Gasteiger partial charge in [-0.05, 0) is 25.1 Å². The normalized spacial score (nSPS) is 16.3. The summed E-state index contributed by atoms with van der Waals surface area (Å²) in [5, 5.41) is 0. The number of benzene rings is 1. The van der Waals surface area contributed by atoms with Crippen LogP contribution in [0.4, 0.5) is 13.2 Å². The van der Waals surface area contributed by atoms with E-state index in [-0.39, 0.29) is 24.2 Å². The van der Waals surface area contributed by atoms with Gasteiger partial charge in [-0.3, -0.25) is 19.3 Å². The van der Waals surface area contributed by atoms with Crippen LogP contribution >= 0.6 is 0 Å². The Kier molecular flexibility index (Phi) is 4.83. The fourth-order valence-corrected chi connectivity index (χ4v) is 2.07. The lowest BCUT2D eigenvalue weighted by molar-refractivity contribution is -0.151. The van der Waals surface area contributed by atoms with Crippen LogP contribution in [0, 0.1) is 17.5 Å². The molecule has 23 heavy (non-hydrogen) atoms. The molecule has 8 heteroatoms. The molecule has 1 aromatic carbocycles. The third kappa shape index (κ3) is 3.41. The van der Waals surface area contributed by atoms with Crippen LogP contribution in [-0.4, -0.2) is 35.8 Å². The summed E-state index contributed by atoms with van der Waals surface area (Å²) in [6.07, 6.45) is 0.597. The van der Waals surface area contributed by atoms with Crippen LogP contribution in [0.25, 0.3) is 6.08 Å². The quantitative estimate of drug-likeness (QED) is 0.366.